The van der Waals surface area contributed by atoms with Gasteiger partial charge in [-0.2, -0.15) is 0 Å². The summed E-state index contributed by atoms with van der Waals surface area (Å²) in [7, 11) is 0. The lowest BCUT2D eigenvalue weighted by atomic mass is 9.60. The van der Waals surface area contributed by atoms with E-state index in [1.807, 2.05) is 6.92 Å². The number of Topliss-reactive ketones (excluding diaryl/α,β-unsaturated/α-hetero) is 1. The zero-order valence-electron chi connectivity index (χ0n) is 25.9. The van der Waals surface area contributed by atoms with Crippen LogP contribution in [-0.2, 0) is 23.8 Å². The molecule has 6 N–H and O–H groups in total. The Labute approximate surface area is 251 Å². The molecule has 5 rings (SSSR count). The van der Waals surface area contributed by atoms with Gasteiger partial charge >= 0.3 is 5.97 Å². The number of nitrogens with two attached hydrogens (primary N) is 2. The third-order valence-electron chi connectivity index (χ3n) is 11.4. The van der Waals surface area contributed by atoms with E-state index in [-0.39, 0.29) is 48.9 Å². The maximum Gasteiger partial charge on any atom is 0.333 e. The fourth-order valence-electron chi connectivity index (χ4n) is 8.65. The Morgan fingerprint density at radius 1 is 1.17 bits per heavy atom. The van der Waals surface area contributed by atoms with Crippen LogP contribution in [0.3, 0.4) is 0 Å². The van der Waals surface area contributed by atoms with Crippen molar-refractivity contribution in [2.45, 2.75) is 140 Å². The van der Waals surface area contributed by atoms with E-state index in [1.54, 1.807) is 13.0 Å². The largest absolute Gasteiger partial charge is 0.456 e. The highest BCUT2D eigenvalue weighted by Gasteiger charge is 2.61. The summed E-state index contributed by atoms with van der Waals surface area (Å²) < 4.78 is 19.8. The number of carbonyl (C=O) groups excluding carboxylic acids is 2. The van der Waals surface area contributed by atoms with E-state index in [1.165, 1.54) is 19.3 Å². The number of ketones is 1. The standard InChI is InChI=1S/C33H54N2O7/c1-4-19(2)32(39)41-26-16-23-29(38)28-25(37)15-22(18-36)40-31(28)24(14-20-8-6-5-7-9-20)30(23)42-33(26,3)13-12-21-10-11-27(34)35-17-21/h4,20-24,26-31,35-36,38H,5-18,34H2,1-3H3/p+1. The zero-order chi connectivity index (χ0) is 30.0. The van der Waals surface area contributed by atoms with Crippen molar-refractivity contribution < 1.29 is 39.3 Å². The lowest BCUT2D eigenvalue weighted by Gasteiger charge is -2.58. The van der Waals surface area contributed by atoms with Crippen LogP contribution in [0.15, 0.2) is 11.6 Å². The van der Waals surface area contributed by atoms with Crippen molar-refractivity contribution >= 4 is 11.8 Å². The van der Waals surface area contributed by atoms with Gasteiger partial charge < -0.3 is 29.7 Å². The molecule has 3 saturated heterocycles. The van der Waals surface area contributed by atoms with Gasteiger partial charge in [-0.1, -0.05) is 38.2 Å². The molecule has 9 heteroatoms. The molecule has 0 radical (unpaired) electrons. The van der Waals surface area contributed by atoms with E-state index in [9.17, 15) is 19.8 Å². The van der Waals surface area contributed by atoms with Crippen molar-refractivity contribution in [1.29, 1.82) is 0 Å². The summed E-state index contributed by atoms with van der Waals surface area (Å²) >= 11 is 0. The average molecular weight is 592 g/mol. The number of aliphatic hydroxyl groups is 2. The number of aliphatic hydroxyl groups excluding tert-OH is 2. The van der Waals surface area contributed by atoms with E-state index >= 15 is 0 Å². The molecule has 0 aromatic rings. The number of esters is 1. The van der Waals surface area contributed by atoms with Gasteiger partial charge in [0.1, 0.15) is 23.7 Å². The normalized spacial score (nSPS) is 43.4. The monoisotopic (exact) mass is 591 g/mol. The van der Waals surface area contributed by atoms with Crippen LogP contribution in [0.25, 0.3) is 0 Å². The Bertz CT molecular complexity index is 975. The highest BCUT2D eigenvalue weighted by Crippen LogP contribution is 2.52. The van der Waals surface area contributed by atoms with Gasteiger partial charge in [-0.25, -0.2) is 4.79 Å². The Morgan fingerprint density at radius 3 is 2.60 bits per heavy atom. The number of hydrogen-bond acceptors (Lipinski definition) is 8. The van der Waals surface area contributed by atoms with Crippen LogP contribution in [-0.4, -0.2) is 77.4 Å². The van der Waals surface area contributed by atoms with Gasteiger partial charge in [0, 0.05) is 36.2 Å². The van der Waals surface area contributed by atoms with Gasteiger partial charge in [0.25, 0.3) is 0 Å². The van der Waals surface area contributed by atoms with Crippen molar-refractivity contribution in [3.05, 3.63) is 11.6 Å². The molecule has 42 heavy (non-hydrogen) atoms. The summed E-state index contributed by atoms with van der Waals surface area (Å²) in [5.41, 5.74) is 5.93. The predicted octanol–water partition coefficient (Wildman–Crippen LogP) is 2.36. The molecule has 0 bridgehead atoms. The number of carbonyl (C=O) groups is 2. The first-order valence-corrected chi connectivity index (χ1v) is 16.7. The molecule has 238 valence electrons. The number of ether oxygens (including phenoxy) is 3. The van der Waals surface area contributed by atoms with Crippen LogP contribution >= 0.6 is 0 Å². The minimum atomic E-state index is -0.947. The van der Waals surface area contributed by atoms with Crippen molar-refractivity contribution in [3.8, 4) is 0 Å². The van der Waals surface area contributed by atoms with E-state index in [0.717, 1.165) is 51.5 Å². The van der Waals surface area contributed by atoms with Crippen molar-refractivity contribution in [2.24, 2.45) is 35.3 Å². The second-order valence-electron chi connectivity index (χ2n) is 14.3. The minimum absolute atomic E-state index is 0.0386. The maximum absolute atomic E-state index is 13.4. The molecule has 5 fully saturated rings. The van der Waals surface area contributed by atoms with Gasteiger partial charge in [-0.15, -0.1) is 0 Å². The summed E-state index contributed by atoms with van der Waals surface area (Å²) in [5.74, 6) is -0.416. The number of hydrogen-bond donors (Lipinski definition) is 4. The topological polar surface area (TPSA) is 145 Å². The summed E-state index contributed by atoms with van der Waals surface area (Å²) in [6, 6.07) is 0. The first-order chi connectivity index (χ1) is 20.1. The number of rotatable bonds is 8. The van der Waals surface area contributed by atoms with Crippen LogP contribution in [0, 0.1) is 29.6 Å². The molecule has 0 aromatic heterocycles. The molecule has 11 atom stereocenters. The molecular weight excluding hydrogens is 536 g/mol. The number of piperidine rings is 1. The first-order valence-electron chi connectivity index (χ1n) is 16.7. The lowest BCUT2D eigenvalue weighted by molar-refractivity contribution is -0.703. The maximum atomic E-state index is 13.4. The van der Waals surface area contributed by atoms with E-state index in [0.29, 0.717) is 23.8 Å². The van der Waals surface area contributed by atoms with Crippen molar-refractivity contribution in [2.75, 3.05) is 13.2 Å². The fourth-order valence-corrected chi connectivity index (χ4v) is 8.65. The summed E-state index contributed by atoms with van der Waals surface area (Å²) in [6.45, 7) is 6.42. The van der Waals surface area contributed by atoms with Crippen LogP contribution in [0.5, 0.6) is 0 Å². The van der Waals surface area contributed by atoms with Gasteiger partial charge in [-0.3, -0.25) is 10.5 Å². The lowest BCUT2D eigenvalue weighted by Crippen LogP contribution is -2.95. The Morgan fingerprint density at radius 2 is 1.93 bits per heavy atom. The van der Waals surface area contributed by atoms with Gasteiger partial charge in [0.2, 0.25) is 0 Å². The second-order valence-corrected chi connectivity index (χ2v) is 14.3. The molecule has 9 nitrogen and oxygen atoms in total. The van der Waals surface area contributed by atoms with Crippen molar-refractivity contribution in [1.82, 2.24) is 0 Å². The Hall–Kier alpha value is -1.36. The molecule has 2 saturated carbocycles. The van der Waals surface area contributed by atoms with Crippen LogP contribution in [0.1, 0.15) is 97.8 Å². The average Bonchev–Trinajstić information content (AvgIpc) is 2.99. The molecule has 0 amide bonds. The van der Waals surface area contributed by atoms with Crippen LogP contribution < -0.4 is 11.1 Å². The minimum Gasteiger partial charge on any atom is -0.456 e. The molecule has 2 aliphatic carbocycles. The van der Waals surface area contributed by atoms with E-state index in [2.05, 4.69) is 12.2 Å². The summed E-state index contributed by atoms with van der Waals surface area (Å²) in [6.07, 6.45) is 10.3. The smallest absolute Gasteiger partial charge is 0.333 e. The highest BCUT2D eigenvalue weighted by molar-refractivity contribution is 5.87. The molecule has 11 unspecified atom stereocenters. The van der Waals surface area contributed by atoms with E-state index < -0.39 is 35.9 Å². The van der Waals surface area contributed by atoms with Crippen LogP contribution in [0.4, 0.5) is 0 Å². The quantitative estimate of drug-likeness (QED) is 0.249. The fraction of sp³-hybridized carbons (Fsp3) is 0.879. The molecule has 3 heterocycles. The predicted molar refractivity (Wildman–Crippen MR) is 157 cm³/mol. The molecule has 3 aliphatic heterocycles. The summed E-state index contributed by atoms with van der Waals surface area (Å²) in [4.78, 5) is 26.5. The third kappa shape index (κ3) is 6.81. The summed E-state index contributed by atoms with van der Waals surface area (Å²) in [5, 5.41) is 23.9. The van der Waals surface area contributed by atoms with Gasteiger partial charge in [0.15, 0.2) is 0 Å². The second kappa shape index (κ2) is 13.7. The molecule has 5 aliphatic rings. The van der Waals surface area contributed by atoms with Crippen molar-refractivity contribution in [3.63, 3.8) is 0 Å². The zero-order valence-corrected chi connectivity index (χ0v) is 25.9. The molecule has 0 aromatic carbocycles. The number of allylic oxidation sites excluding steroid dienone is 1. The van der Waals surface area contributed by atoms with Gasteiger partial charge in [0.05, 0.1) is 43.5 Å². The Kier molecular flexibility index (Phi) is 10.5. The highest BCUT2D eigenvalue weighted by atomic mass is 16.6. The SMILES string of the molecule is CC=C(C)C(=O)OC1CC2C(O)C3C(=O)CC(CO)OC3C(CC3CCCCC3)C2OC1(C)CCC1CCC(N)[NH2+]C1. The molecular formula is C33H55N2O7+. The number of fused-ring (bicyclic) bond motifs is 2. The Balaban J connectivity index is 1.44. The number of quaternary nitrogens is 1. The molecule has 0 spiro atoms. The van der Waals surface area contributed by atoms with E-state index in [4.69, 9.17) is 19.9 Å². The van der Waals surface area contributed by atoms with Gasteiger partial charge in [-0.05, 0) is 58.8 Å². The third-order valence-corrected chi connectivity index (χ3v) is 11.4. The van der Waals surface area contributed by atoms with Crippen LogP contribution in [0.2, 0.25) is 0 Å². The first kappa shape index (κ1) is 32.0.